The Kier molecular flexibility index (Phi) is 8.07. The zero-order valence-corrected chi connectivity index (χ0v) is 35.4. The Morgan fingerprint density at radius 3 is 1.58 bits per heavy atom. The van der Waals surface area contributed by atoms with E-state index in [0.29, 0.717) is 0 Å². The Labute approximate surface area is 373 Å². The van der Waals surface area contributed by atoms with E-state index in [1.807, 2.05) is 0 Å². The van der Waals surface area contributed by atoms with Gasteiger partial charge in [-0.2, -0.15) is 0 Å². The fourth-order valence-corrected chi connectivity index (χ4v) is 11.3. The summed E-state index contributed by atoms with van der Waals surface area (Å²) in [6.07, 6.45) is 0. The molecule has 300 valence electrons. The summed E-state index contributed by atoms with van der Waals surface area (Å²) in [7, 11) is 0. The number of nitrogens with zero attached hydrogens (tertiary/aromatic N) is 2. The van der Waals surface area contributed by atoms with E-state index in [2.05, 4.69) is 253 Å². The van der Waals surface area contributed by atoms with Crippen LogP contribution in [0.3, 0.4) is 0 Å². The molecule has 0 unspecified atom stereocenters. The maximum absolute atomic E-state index is 2.53. The molecule has 64 heavy (non-hydrogen) atoms. The number of anilines is 3. The maximum Gasteiger partial charge on any atom is 0.0746 e. The van der Waals surface area contributed by atoms with Gasteiger partial charge in [0.05, 0.1) is 22.1 Å². The number of hydrogen-bond donors (Lipinski definition) is 0. The van der Waals surface area contributed by atoms with Gasteiger partial charge in [-0.25, -0.2) is 0 Å². The topological polar surface area (TPSA) is 8.17 Å². The van der Waals surface area contributed by atoms with Gasteiger partial charge in [-0.15, -0.1) is 0 Å². The van der Waals surface area contributed by atoms with Crippen molar-refractivity contribution in [3.63, 3.8) is 0 Å². The highest BCUT2D eigenvalue weighted by molar-refractivity contribution is 6.16. The molecule has 0 amide bonds. The number of benzene rings is 10. The van der Waals surface area contributed by atoms with Crippen molar-refractivity contribution in [3.8, 4) is 50.2 Å². The summed E-state index contributed by atoms with van der Waals surface area (Å²) in [5.41, 5.74) is 23.0. The normalized spacial score (nSPS) is 12.9. The predicted molar refractivity (Wildman–Crippen MR) is 267 cm³/mol. The molecule has 0 atom stereocenters. The van der Waals surface area contributed by atoms with Crippen LogP contribution in [0, 0.1) is 6.92 Å². The number of rotatable bonds is 6. The van der Waals surface area contributed by atoms with E-state index in [9.17, 15) is 0 Å². The van der Waals surface area contributed by atoms with Crippen molar-refractivity contribution >= 4 is 38.9 Å². The first-order valence-electron chi connectivity index (χ1n) is 22.3. The fraction of sp³-hybridized carbons (Fsp3) is 0.0323. The van der Waals surface area contributed by atoms with Crippen LogP contribution in [0.5, 0.6) is 0 Å². The Morgan fingerprint density at radius 1 is 0.375 bits per heavy atom. The second kappa shape index (κ2) is 14.2. The maximum atomic E-state index is 2.53. The van der Waals surface area contributed by atoms with Crippen LogP contribution in [-0.2, 0) is 5.41 Å². The summed E-state index contributed by atoms with van der Waals surface area (Å²) in [6.45, 7) is 2.28. The molecule has 0 saturated carbocycles. The van der Waals surface area contributed by atoms with Crippen molar-refractivity contribution in [3.05, 3.63) is 264 Å². The van der Waals surface area contributed by atoms with E-state index >= 15 is 0 Å². The lowest BCUT2D eigenvalue weighted by Gasteiger charge is -2.36. The molecule has 2 aliphatic carbocycles. The zero-order chi connectivity index (χ0) is 42.4. The molecular weight excluding hydrogens is 773 g/mol. The second-order valence-electron chi connectivity index (χ2n) is 17.2. The van der Waals surface area contributed by atoms with Gasteiger partial charge in [-0.1, -0.05) is 182 Å². The highest BCUT2D eigenvalue weighted by Gasteiger charge is 2.53. The number of aryl methyl sites for hydroxylation is 1. The molecule has 1 aromatic heterocycles. The average Bonchev–Trinajstić information content (AvgIpc) is 3.98. The SMILES string of the molecule is Cc1cc(-c2cccc3c2c2ccccc2n3-c2ccccc2)ccc1N(c1ccc(-c2ccccc2)cc1)c1cccc2c1C1(c3ccccc3-c3ccccc31)c1ccccc1-2. The summed E-state index contributed by atoms with van der Waals surface area (Å²) < 4.78 is 2.40. The van der Waals surface area contributed by atoms with E-state index in [4.69, 9.17) is 0 Å². The van der Waals surface area contributed by atoms with Crippen molar-refractivity contribution in [2.45, 2.75) is 12.3 Å². The third kappa shape index (κ3) is 5.14. The van der Waals surface area contributed by atoms with Crippen LogP contribution in [0.2, 0.25) is 0 Å². The third-order valence-corrected chi connectivity index (χ3v) is 13.9. The largest absolute Gasteiger partial charge is 0.310 e. The number of para-hydroxylation sites is 2. The summed E-state index contributed by atoms with van der Waals surface area (Å²) in [5, 5.41) is 2.52. The molecule has 0 N–H and O–H groups in total. The molecule has 0 fully saturated rings. The Morgan fingerprint density at radius 2 is 0.891 bits per heavy atom. The quantitative estimate of drug-likeness (QED) is 0.162. The third-order valence-electron chi connectivity index (χ3n) is 13.9. The van der Waals surface area contributed by atoms with Gasteiger partial charge in [0.2, 0.25) is 0 Å². The molecule has 2 nitrogen and oxygen atoms in total. The minimum atomic E-state index is -0.506. The number of aromatic nitrogens is 1. The van der Waals surface area contributed by atoms with Gasteiger partial charge in [0, 0.05) is 33.4 Å². The molecule has 1 heterocycles. The summed E-state index contributed by atoms with van der Waals surface area (Å²) >= 11 is 0. The molecule has 0 saturated heterocycles. The van der Waals surface area contributed by atoms with Crippen LogP contribution in [0.25, 0.3) is 72.0 Å². The van der Waals surface area contributed by atoms with E-state index in [0.717, 1.165) is 17.1 Å². The highest BCUT2D eigenvalue weighted by Crippen LogP contribution is 2.65. The van der Waals surface area contributed by atoms with Gasteiger partial charge in [0.15, 0.2) is 0 Å². The average molecular weight is 815 g/mol. The van der Waals surface area contributed by atoms with Crippen molar-refractivity contribution < 1.29 is 0 Å². The van der Waals surface area contributed by atoms with Crippen LogP contribution in [-0.4, -0.2) is 4.57 Å². The van der Waals surface area contributed by atoms with Crippen molar-refractivity contribution in [1.29, 1.82) is 0 Å². The molecule has 1 spiro atoms. The second-order valence-corrected chi connectivity index (χ2v) is 17.2. The van der Waals surface area contributed by atoms with E-state index in [1.165, 1.54) is 99.8 Å². The Balaban J connectivity index is 1.05. The first-order chi connectivity index (χ1) is 31.7. The standard InChI is InChI=1S/C62H42N2/c1-41-40-44(47-26-16-32-58-60(47)52-25-11-15-31-57(52)64(58)45-20-6-3-7-21-45)36-39-56(41)63(46-37-34-43(35-38-46)42-18-4-2-5-19-42)59-33-17-27-51-50-24-10-14-30-55(50)62(61(51)59)53-28-12-8-22-48(53)49-23-9-13-29-54(49)62/h2-40H,1H3. The van der Waals surface area contributed by atoms with Crippen LogP contribution < -0.4 is 4.90 Å². The molecule has 0 aliphatic heterocycles. The molecule has 11 aromatic rings. The van der Waals surface area contributed by atoms with Crippen LogP contribution in [0.1, 0.15) is 27.8 Å². The predicted octanol–water partition coefficient (Wildman–Crippen LogP) is 16.2. The minimum absolute atomic E-state index is 0.506. The Bertz CT molecular complexity index is 3550. The summed E-state index contributed by atoms with van der Waals surface area (Å²) in [6, 6.07) is 87.5. The van der Waals surface area contributed by atoms with E-state index in [-0.39, 0.29) is 0 Å². The number of fused-ring (bicyclic) bond motifs is 13. The van der Waals surface area contributed by atoms with Crippen LogP contribution in [0.15, 0.2) is 237 Å². The molecule has 0 radical (unpaired) electrons. The van der Waals surface area contributed by atoms with Crippen molar-refractivity contribution in [2.24, 2.45) is 0 Å². The monoisotopic (exact) mass is 814 g/mol. The van der Waals surface area contributed by atoms with E-state index < -0.39 is 5.41 Å². The molecule has 0 bridgehead atoms. The van der Waals surface area contributed by atoms with Gasteiger partial charge >= 0.3 is 0 Å². The van der Waals surface area contributed by atoms with E-state index in [1.54, 1.807) is 0 Å². The number of hydrogen-bond acceptors (Lipinski definition) is 1. The lowest BCUT2D eigenvalue weighted by Crippen LogP contribution is -2.28. The first-order valence-corrected chi connectivity index (χ1v) is 22.3. The highest BCUT2D eigenvalue weighted by atomic mass is 15.1. The zero-order valence-electron chi connectivity index (χ0n) is 35.4. The first kappa shape index (κ1) is 36.5. The van der Waals surface area contributed by atoms with Gasteiger partial charge in [-0.05, 0) is 128 Å². The van der Waals surface area contributed by atoms with Gasteiger partial charge in [0.25, 0.3) is 0 Å². The van der Waals surface area contributed by atoms with Crippen molar-refractivity contribution in [2.75, 3.05) is 4.90 Å². The summed E-state index contributed by atoms with van der Waals surface area (Å²) in [4.78, 5) is 2.53. The van der Waals surface area contributed by atoms with Crippen LogP contribution in [0.4, 0.5) is 17.1 Å². The molecule has 2 aliphatic rings. The van der Waals surface area contributed by atoms with Gasteiger partial charge in [0.1, 0.15) is 0 Å². The smallest absolute Gasteiger partial charge is 0.0746 e. The van der Waals surface area contributed by atoms with Crippen molar-refractivity contribution in [1.82, 2.24) is 4.57 Å². The Hall–Kier alpha value is -8.20. The molecule has 2 heteroatoms. The van der Waals surface area contributed by atoms with Gasteiger partial charge < -0.3 is 9.47 Å². The fourth-order valence-electron chi connectivity index (χ4n) is 11.3. The lowest BCUT2D eigenvalue weighted by molar-refractivity contribution is 0.793. The lowest BCUT2D eigenvalue weighted by atomic mass is 9.70. The van der Waals surface area contributed by atoms with Gasteiger partial charge in [-0.3, -0.25) is 0 Å². The molecule has 13 rings (SSSR count). The van der Waals surface area contributed by atoms with Crippen LogP contribution >= 0.6 is 0 Å². The molecular formula is C62H42N2. The minimum Gasteiger partial charge on any atom is -0.310 e. The summed E-state index contributed by atoms with van der Waals surface area (Å²) in [5.74, 6) is 0. The molecule has 10 aromatic carbocycles.